The number of hydrogen-bond donors (Lipinski definition) is 2. The van der Waals surface area contributed by atoms with E-state index in [-0.39, 0.29) is 0 Å². The van der Waals surface area contributed by atoms with Crippen molar-refractivity contribution in [2.24, 2.45) is 11.5 Å². The molecule has 0 unspecified atom stereocenters. The molecule has 0 aliphatic rings. The van der Waals surface area contributed by atoms with Gasteiger partial charge in [0.15, 0.2) is 0 Å². The Bertz CT molecular complexity index is 463. The zero-order valence-corrected chi connectivity index (χ0v) is 16.3. The van der Waals surface area contributed by atoms with Gasteiger partial charge in [0.05, 0.1) is 14.2 Å². The number of rotatable bonds is 15. The van der Waals surface area contributed by atoms with Gasteiger partial charge in [0, 0.05) is 0 Å². The predicted molar refractivity (Wildman–Crippen MR) is 107 cm³/mol. The largest absolute Gasteiger partial charge is 0.496 e. The third-order valence-corrected chi connectivity index (χ3v) is 4.73. The first-order valence-corrected chi connectivity index (χ1v) is 9.90. The second-order valence-electron chi connectivity index (χ2n) is 6.74. The minimum atomic E-state index is 0.740. The van der Waals surface area contributed by atoms with Crippen LogP contribution in [0.4, 0.5) is 0 Å². The molecule has 0 bridgehead atoms. The molecule has 0 amide bonds. The maximum absolute atomic E-state index is 5.62. The van der Waals surface area contributed by atoms with Crippen molar-refractivity contribution in [2.45, 2.75) is 70.6 Å². The van der Waals surface area contributed by atoms with Gasteiger partial charge in [-0.2, -0.15) is 0 Å². The Hall–Kier alpha value is -1.26. The zero-order valence-electron chi connectivity index (χ0n) is 16.3. The second-order valence-corrected chi connectivity index (χ2v) is 6.74. The molecule has 0 aliphatic carbocycles. The monoisotopic (exact) mass is 350 g/mol. The average Bonchev–Trinajstić information content (AvgIpc) is 2.64. The van der Waals surface area contributed by atoms with Crippen molar-refractivity contribution in [3.8, 4) is 11.5 Å². The number of benzene rings is 1. The van der Waals surface area contributed by atoms with Crippen LogP contribution in [-0.2, 0) is 12.8 Å². The molecule has 4 heteroatoms. The SMILES string of the molecule is COc1cc(CCCCCCCCCN)c(OC)cc1CCCCN. The third-order valence-electron chi connectivity index (χ3n) is 4.73. The van der Waals surface area contributed by atoms with Crippen LogP contribution in [0.5, 0.6) is 11.5 Å². The Morgan fingerprint density at radius 1 is 0.600 bits per heavy atom. The van der Waals surface area contributed by atoms with Gasteiger partial charge in [-0.25, -0.2) is 0 Å². The van der Waals surface area contributed by atoms with Gasteiger partial charge in [0.1, 0.15) is 11.5 Å². The minimum absolute atomic E-state index is 0.740. The number of unbranched alkanes of at least 4 members (excludes halogenated alkanes) is 7. The summed E-state index contributed by atoms with van der Waals surface area (Å²) in [5.74, 6) is 1.97. The molecule has 1 rings (SSSR count). The highest BCUT2D eigenvalue weighted by molar-refractivity contribution is 5.46. The first kappa shape index (κ1) is 21.8. The Morgan fingerprint density at radius 2 is 0.960 bits per heavy atom. The summed E-state index contributed by atoms with van der Waals surface area (Å²) >= 11 is 0. The lowest BCUT2D eigenvalue weighted by Gasteiger charge is -2.15. The van der Waals surface area contributed by atoms with Crippen molar-refractivity contribution in [1.29, 1.82) is 0 Å². The lowest BCUT2D eigenvalue weighted by atomic mass is 9.99. The highest BCUT2D eigenvalue weighted by atomic mass is 16.5. The van der Waals surface area contributed by atoms with Gasteiger partial charge in [-0.1, -0.05) is 32.1 Å². The van der Waals surface area contributed by atoms with Crippen LogP contribution >= 0.6 is 0 Å². The Kier molecular flexibility index (Phi) is 12.2. The Labute approximate surface area is 154 Å². The molecule has 1 aromatic rings. The number of aryl methyl sites for hydroxylation is 2. The van der Waals surface area contributed by atoms with E-state index in [1.807, 2.05) is 0 Å². The van der Waals surface area contributed by atoms with Gasteiger partial charge in [-0.3, -0.25) is 0 Å². The van der Waals surface area contributed by atoms with Crippen molar-refractivity contribution >= 4 is 0 Å². The smallest absolute Gasteiger partial charge is 0.122 e. The molecule has 0 fully saturated rings. The van der Waals surface area contributed by atoms with Gasteiger partial charge in [-0.05, 0) is 74.9 Å². The molecule has 0 radical (unpaired) electrons. The average molecular weight is 351 g/mol. The first-order valence-electron chi connectivity index (χ1n) is 9.90. The van der Waals surface area contributed by atoms with E-state index in [0.29, 0.717) is 0 Å². The minimum Gasteiger partial charge on any atom is -0.496 e. The van der Waals surface area contributed by atoms with Gasteiger partial charge in [0.2, 0.25) is 0 Å². The zero-order chi connectivity index (χ0) is 18.3. The molecule has 1 aromatic carbocycles. The molecule has 0 heterocycles. The summed E-state index contributed by atoms with van der Waals surface area (Å²) < 4.78 is 11.2. The maximum atomic E-state index is 5.62. The molecule has 0 aliphatic heterocycles. The normalized spacial score (nSPS) is 10.9. The first-order chi connectivity index (χ1) is 12.3. The number of methoxy groups -OCH3 is 2. The Morgan fingerprint density at radius 3 is 1.40 bits per heavy atom. The molecule has 4 N–H and O–H groups in total. The number of ether oxygens (including phenoxy) is 2. The lowest BCUT2D eigenvalue weighted by Crippen LogP contribution is -2.02. The highest BCUT2D eigenvalue weighted by Gasteiger charge is 2.11. The fourth-order valence-electron chi connectivity index (χ4n) is 3.22. The van der Waals surface area contributed by atoms with E-state index in [4.69, 9.17) is 20.9 Å². The van der Waals surface area contributed by atoms with Crippen LogP contribution < -0.4 is 20.9 Å². The van der Waals surface area contributed by atoms with Crippen LogP contribution in [0, 0.1) is 0 Å². The molecule has 0 saturated heterocycles. The molecule has 0 spiro atoms. The molecule has 0 aromatic heterocycles. The maximum Gasteiger partial charge on any atom is 0.122 e. The summed E-state index contributed by atoms with van der Waals surface area (Å²) in [5, 5.41) is 0. The van der Waals surface area contributed by atoms with Crippen molar-refractivity contribution in [2.75, 3.05) is 27.3 Å². The van der Waals surface area contributed by atoms with Gasteiger partial charge in [0.25, 0.3) is 0 Å². The fourth-order valence-corrected chi connectivity index (χ4v) is 3.22. The van der Waals surface area contributed by atoms with E-state index in [0.717, 1.165) is 56.7 Å². The van der Waals surface area contributed by atoms with Crippen LogP contribution in [-0.4, -0.2) is 27.3 Å². The number of nitrogens with two attached hydrogens (primary N) is 2. The van der Waals surface area contributed by atoms with Crippen LogP contribution in [0.2, 0.25) is 0 Å². The highest BCUT2D eigenvalue weighted by Crippen LogP contribution is 2.31. The topological polar surface area (TPSA) is 70.5 Å². The van der Waals surface area contributed by atoms with Crippen LogP contribution in [0.25, 0.3) is 0 Å². The van der Waals surface area contributed by atoms with E-state index >= 15 is 0 Å². The van der Waals surface area contributed by atoms with E-state index in [1.165, 1.54) is 49.7 Å². The van der Waals surface area contributed by atoms with Crippen LogP contribution in [0.15, 0.2) is 12.1 Å². The quantitative estimate of drug-likeness (QED) is 0.465. The van der Waals surface area contributed by atoms with Gasteiger partial charge in [-0.15, -0.1) is 0 Å². The molecule has 25 heavy (non-hydrogen) atoms. The third kappa shape index (κ3) is 8.59. The van der Waals surface area contributed by atoms with Crippen molar-refractivity contribution in [3.63, 3.8) is 0 Å². The van der Waals surface area contributed by atoms with E-state index in [1.54, 1.807) is 14.2 Å². The predicted octanol–water partition coefficient (Wildman–Crippen LogP) is 4.22. The summed E-state index contributed by atoms with van der Waals surface area (Å²) in [7, 11) is 3.51. The molecule has 0 atom stereocenters. The van der Waals surface area contributed by atoms with Crippen molar-refractivity contribution in [1.82, 2.24) is 0 Å². The van der Waals surface area contributed by atoms with Crippen molar-refractivity contribution < 1.29 is 9.47 Å². The lowest BCUT2D eigenvalue weighted by molar-refractivity contribution is 0.393. The van der Waals surface area contributed by atoms with Crippen molar-refractivity contribution in [3.05, 3.63) is 23.3 Å². The van der Waals surface area contributed by atoms with E-state index in [9.17, 15) is 0 Å². The van der Waals surface area contributed by atoms with Crippen LogP contribution in [0.3, 0.4) is 0 Å². The summed E-state index contributed by atoms with van der Waals surface area (Å²) in [6.45, 7) is 1.56. The summed E-state index contributed by atoms with van der Waals surface area (Å²) in [5.41, 5.74) is 13.6. The van der Waals surface area contributed by atoms with Crippen LogP contribution in [0.1, 0.15) is 68.9 Å². The van der Waals surface area contributed by atoms with E-state index in [2.05, 4.69) is 12.1 Å². The Balaban J connectivity index is 2.49. The standard InChI is InChI=1S/C21H38N2O2/c1-24-20-17-19(13-9-11-15-23)21(25-2)16-18(20)12-8-6-4-3-5-7-10-14-22/h16-17H,3-15,22-23H2,1-2H3. The molecule has 4 nitrogen and oxygen atoms in total. The van der Waals surface area contributed by atoms with Gasteiger partial charge < -0.3 is 20.9 Å². The summed E-state index contributed by atoms with van der Waals surface area (Å²) in [6, 6.07) is 4.31. The van der Waals surface area contributed by atoms with Gasteiger partial charge >= 0.3 is 0 Å². The van der Waals surface area contributed by atoms with E-state index < -0.39 is 0 Å². The molecule has 144 valence electrons. The summed E-state index contributed by atoms with van der Waals surface area (Å²) in [6.07, 6.45) is 13.0. The number of hydrogen-bond acceptors (Lipinski definition) is 4. The molecular formula is C21H38N2O2. The summed E-state index contributed by atoms with van der Waals surface area (Å²) in [4.78, 5) is 0. The second kappa shape index (κ2) is 14.0. The fraction of sp³-hybridized carbons (Fsp3) is 0.714. The molecular weight excluding hydrogens is 312 g/mol. The molecule has 0 saturated carbocycles.